The fourth-order valence-electron chi connectivity index (χ4n) is 4.40. The molecule has 0 unspecified atom stereocenters. The molecule has 0 radical (unpaired) electrons. The number of pyridine rings is 1. The minimum absolute atomic E-state index is 0.0479. The highest BCUT2D eigenvalue weighted by molar-refractivity contribution is 7.89. The van der Waals surface area contributed by atoms with Gasteiger partial charge < -0.3 is 20.1 Å². The summed E-state index contributed by atoms with van der Waals surface area (Å²) in [5.74, 6) is -1.03. The quantitative estimate of drug-likeness (QED) is 0.413. The zero-order chi connectivity index (χ0) is 29.0. The van der Waals surface area contributed by atoms with E-state index in [9.17, 15) is 23.1 Å². The van der Waals surface area contributed by atoms with Crippen molar-refractivity contribution in [2.45, 2.75) is 30.9 Å². The molecule has 0 aliphatic carbocycles. The molecule has 12 heteroatoms. The van der Waals surface area contributed by atoms with Gasteiger partial charge in [0.05, 0.1) is 35.3 Å². The predicted molar refractivity (Wildman–Crippen MR) is 151 cm³/mol. The second-order valence-electron chi connectivity index (χ2n) is 9.73. The van der Waals surface area contributed by atoms with Crippen molar-refractivity contribution < 1.29 is 27.9 Å². The molecule has 0 fully saturated rings. The van der Waals surface area contributed by atoms with Gasteiger partial charge in [0.25, 0.3) is 11.8 Å². The van der Waals surface area contributed by atoms with Crippen molar-refractivity contribution in [2.75, 3.05) is 32.1 Å². The molecule has 4 rings (SSSR count). The van der Waals surface area contributed by atoms with Crippen molar-refractivity contribution in [3.05, 3.63) is 83.1 Å². The Kier molecular flexibility index (Phi) is 9.09. The van der Waals surface area contributed by atoms with Crippen LogP contribution >= 0.6 is 11.6 Å². The van der Waals surface area contributed by atoms with Gasteiger partial charge in [0.2, 0.25) is 10.0 Å². The number of aromatic nitrogens is 1. The van der Waals surface area contributed by atoms with E-state index in [4.69, 9.17) is 16.3 Å². The van der Waals surface area contributed by atoms with Gasteiger partial charge in [-0.25, -0.2) is 8.42 Å². The molecular weight excluding hydrogens is 556 g/mol. The molecule has 1 aliphatic rings. The summed E-state index contributed by atoms with van der Waals surface area (Å²) in [5, 5.41) is 13.1. The number of aliphatic hydroxyl groups excluding tert-OH is 1. The van der Waals surface area contributed by atoms with Crippen molar-refractivity contribution in [3.8, 4) is 5.75 Å². The van der Waals surface area contributed by atoms with Crippen molar-refractivity contribution in [1.82, 2.24) is 14.2 Å². The van der Waals surface area contributed by atoms with Crippen LogP contribution in [0.5, 0.6) is 5.75 Å². The monoisotopic (exact) mass is 586 g/mol. The topological polar surface area (TPSA) is 129 Å². The number of aliphatic hydroxyl groups is 1. The van der Waals surface area contributed by atoms with Crippen LogP contribution in [-0.2, 0) is 10.0 Å². The average Bonchev–Trinajstić information content (AvgIpc) is 2.95. The molecule has 0 bridgehead atoms. The summed E-state index contributed by atoms with van der Waals surface area (Å²) in [7, 11) is -2.43. The first-order chi connectivity index (χ1) is 19.0. The van der Waals surface area contributed by atoms with Gasteiger partial charge in [-0.3, -0.25) is 14.6 Å². The molecule has 2 aromatic carbocycles. The summed E-state index contributed by atoms with van der Waals surface area (Å²) >= 11 is 5.94. The van der Waals surface area contributed by atoms with Gasteiger partial charge in [0, 0.05) is 42.5 Å². The van der Waals surface area contributed by atoms with Crippen LogP contribution in [0.4, 0.5) is 5.69 Å². The van der Waals surface area contributed by atoms with E-state index in [1.165, 1.54) is 48.0 Å². The van der Waals surface area contributed by atoms with Crippen LogP contribution in [0.15, 0.2) is 71.9 Å². The maximum absolute atomic E-state index is 13.6. The number of halogens is 1. The highest BCUT2D eigenvalue weighted by Gasteiger charge is 2.36. The number of para-hydroxylation sites is 1. The number of sulfonamides is 1. The number of likely N-dealkylation sites (N-methyl/N-ethyl adjacent to an activating group) is 1. The lowest BCUT2D eigenvalue weighted by atomic mass is 9.99. The Morgan fingerprint density at radius 3 is 2.52 bits per heavy atom. The van der Waals surface area contributed by atoms with Crippen molar-refractivity contribution in [1.29, 1.82) is 0 Å². The van der Waals surface area contributed by atoms with Crippen LogP contribution in [0.3, 0.4) is 0 Å². The number of nitrogens with one attached hydrogen (secondary N) is 1. The fourth-order valence-corrected chi connectivity index (χ4v) is 5.70. The van der Waals surface area contributed by atoms with Gasteiger partial charge >= 0.3 is 0 Å². The number of anilines is 1. The smallest absolute Gasteiger partial charge is 0.258 e. The van der Waals surface area contributed by atoms with E-state index in [0.717, 1.165) is 0 Å². The van der Waals surface area contributed by atoms with Crippen LogP contribution in [0.25, 0.3) is 0 Å². The Morgan fingerprint density at radius 2 is 1.88 bits per heavy atom. The normalized spacial score (nSPS) is 18.4. The van der Waals surface area contributed by atoms with Crippen LogP contribution in [-0.4, -0.2) is 78.4 Å². The summed E-state index contributed by atoms with van der Waals surface area (Å²) in [6.45, 7) is 3.48. The van der Waals surface area contributed by atoms with Crippen LogP contribution in [0, 0.1) is 5.92 Å². The molecule has 2 amide bonds. The van der Waals surface area contributed by atoms with E-state index in [2.05, 4.69) is 10.3 Å². The molecule has 10 nitrogen and oxygen atoms in total. The zero-order valence-electron chi connectivity index (χ0n) is 22.3. The molecule has 0 saturated carbocycles. The first-order valence-electron chi connectivity index (χ1n) is 12.7. The lowest BCUT2D eigenvalue weighted by Crippen LogP contribution is -2.50. The van der Waals surface area contributed by atoms with Gasteiger partial charge in [0.1, 0.15) is 6.10 Å². The number of carbonyl (C=O) groups is 2. The van der Waals surface area contributed by atoms with E-state index in [1.54, 1.807) is 42.2 Å². The third-order valence-electron chi connectivity index (χ3n) is 6.84. The maximum Gasteiger partial charge on any atom is 0.258 e. The van der Waals surface area contributed by atoms with E-state index in [1.807, 2.05) is 6.92 Å². The highest BCUT2D eigenvalue weighted by Crippen LogP contribution is 2.35. The molecule has 0 saturated heterocycles. The Bertz CT molecular complexity index is 1470. The van der Waals surface area contributed by atoms with Crippen LogP contribution in [0.1, 0.15) is 34.6 Å². The highest BCUT2D eigenvalue weighted by atomic mass is 35.5. The second-order valence-corrected chi connectivity index (χ2v) is 12.2. The number of hydrogen-bond donors (Lipinski definition) is 2. The molecule has 1 aliphatic heterocycles. The lowest BCUT2D eigenvalue weighted by Gasteiger charge is -2.38. The Hall–Kier alpha value is -3.51. The number of carbonyl (C=O) groups excluding carboxylic acids is 2. The molecule has 212 valence electrons. The first-order valence-corrected chi connectivity index (χ1v) is 14.5. The molecule has 2 heterocycles. The molecule has 0 spiro atoms. The minimum Gasteiger partial charge on any atom is -0.486 e. The molecule has 2 N–H and O–H groups in total. The van der Waals surface area contributed by atoms with Crippen LogP contribution in [0.2, 0.25) is 5.02 Å². The van der Waals surface area contributed by atoms with Gasteiger partial charge in [-0.1, -0.05) is 24.6 Å². The number of nitrogens with zero attached hydrogens (tertiary/aromatic N) is 3. The van der Waals surface area contributed by atoms with Gasteiger partial charge in [0.15, 0.2) is 5.75 Å². The minimum atomic E-state index is -3.89. The van der Waals surface area contributed by atoms with Crippen molar-refractivity contribution in [3.63, 3.8) is 0 Å². The Balaban J connectivity index is 1.72. The van der Waals surface area contributed by atoms with E-state index in [0.29, 0.717) is 10.6 Å². The number of hydrogen-bond acceptors (Lipinski definition) is 7. The average molecular weight is 587 g/mol. The number of amides is 2. The van der Waals surface area contributed by atoms with Gasteiger partial charge in [-0.05, 0) is 55.5 Å². The number of rotatable bonds is 8. The molecule has 1 aromatic heterocycles. The summed E-state index contributed by atoms with van der Waals surface area (Å²) in [4.78, 5) is 32.2. The Morgan fingerprint density at radius 1 is 1.20 bits per heavy atom. The van der Waals surface area contributed by atoms with Gasteiger partial charge in [-0.15, -0.1) is 0 Å². The SMILES string of the molecule is C[C@@H]1CN([C@@H](C)CO)C(=O)c2cccc(NC(=O)c3ccncc3)c2O[C@H]1CN(C)S(=O)(=O)c1ccc(Cl)cc1. The van der Waals surface area contributed by atoms with Crippen molar-refractivity contribution >= 4 is 39.1 Å². The number of ether oxygens (including phenoxy) is 1. The van der Waals surface area contributed by atoms with E-state index in [-0.39, 0.29) is 53.4 Å². The van der Waals surface area contributed by atoms with Crippen LogP contribution < -0.4 is 10.1 Å². The third kappa shape index (κ3) is 6.28. The van der Waals surface area contributed by atoms with E-state index < -0.39 is 28.1 Å². The van der Waals surface area contributed by atoms with E-state index >= 15 is 0 Å². The van der Waals surface area contributed by atoms with Gasteiger partial charge in [-0.2, -0.15) is 4.31 Å². The second kappa shape index (κ2) is 12.3. The molecular formula is C28H31ClN4O6S. The number of fused-ring (bicyclic) bond motifs is 1. The standard InChI is InChI=1S/C28H31ClN4O6S/c1-18-15-33(19(2)17-34)28(36)23-5-4-6-24(31-27(35)20-11-13-30-14-12-20)26(23)39-25(18)16-32(3)40(37,38)22-9-7-21(29)8-10-22/h4-14,18-19,25,34H,15-17H2,1-3H3,(H,31,35)/t18-,19+,25+/m1/s1. The predicted octanol–water partition coefficient (Wildman–Crippen LogP) is 3.53. The summed E-state index contributed by atoms with van der Waals surface area (Å²) in [6, 6.07) is 13.3. The summed E-state index contributed by atoms with van der Waals surface area (Å²) in [6.07, 6.45) is 2.27. The van der Waals surface area contributed by atoms with Crippen molar-refractivity contribution in [2.24, 2.45) is 5.92 Å². The summed E-state index contributed by atoms with van der Waals surface area (Å²) in [5.41, 5.74) is 0.804. The number of benzene rings is 2. The fraction of sp³-hybridized carbons (Fsp3) is 0.321. The summed E-state index contributed by atoms with van der Waals surface area (Å²) < 4.78 is 34.3. The molecule has 40 heavy (non-hydrogen) atoms. The Labute approximate surface area is 238 Å². The largest absolute Gasteiger partial charge is 0.486 e. The third-order valence-corrected chi connectivity index (χ3v) is 8.93. The maximum atomic E-state index is 13.6. The molecule has 3 atom stereocenters. The lowest BCUT2D eigenvalue weighted by molar-refractivity contribution is 0.0388. The zero-order valence-corrected chi connectivity index (χ0v) is 23.9. The first kappa shape index (κ1) is 29.5. The molecule has 3 aromatic rings.